The van der Waals surface area contributed by atoms with Gasteiger partial charge in [-0.05, 0) is 62.3 Å². The van der Waals surface area contributed by atoms with E-state index < -0.39 is 0 Å². The molecule has 1 aliphatic rings. The third kappa shape index (κ3) is 5.23. The summed E-state index contributed by atoms with van der Waals surface area (Å²) in [5, 5.41) is 2.96. The Bertz CT molecular complexity index is 707. The maximum Gasteiger partial charge on any atom is 0.238 e. The van der Waals surface area contributed by atoms with Crippen molar-refractivity contribution in [1.29, 1.82) is 0 Å². The summed E-state index contributed by atoms with van der Waals surface area (Å²) in [5.74, 6) is 2.07. The van der Waals surface area contributed by atoms with E-state index in [1.807, 2.05) is 48.5 Å². The van der Waals surface area contributed by atoms with Gasteiger partial charge in [-0.25, -0.2) is 0 Å². The number of nitrogens with zero attached hydrogens (tertiary/aromatic N) is 1. The number of carbonyl (C=O) groups excluding carboxylic acids is 1. The van der Waals surface area contributed by atoms with Crippen molar-refractivity contribution in [2.45, 2.75) is 25.7 Å². The lowest BCUT2D eigenvalue weighted by Gasteiger charge is -2.19. The van der Waals surface area contributed by atoms with Crippen LogP contribution in [0.3, 0.4) is 0 Å². The van der Waals surface area contributed by atoms with E-state index in [1.54, 1.807) is 7.11 Å². The molecule has 5 heteroatoms. The van der Waals surface area contributed by atoms with E-state index in [0.717, 1.165) is 18.8 Å². The minimum Gasteiger partial charge on any atom is -0.493 e. The smallest absolute Gasteiger partial charge is 0.238 e. The zero-order valence-electron chi connectivity index (χ0n) is 15.2. The number of hydrogen-bond donors (Lipinski definition) is 1. The highest BCUT2D eigenvalue weighted by Gasteiger charge is 2.13. The zero-order chi connectivity index (χ0) is 18.2. The van der Waals surface area contributed by atoms with Gasteiger partial charge in [0.05, 0.1) is 13.7 Å². The van der Waals surface area contributed by atoms with Crippen LogP contribution in [-0.2, 0) is 4.79 Å². The van der Waals surface area contributed by atoms with Crippen LogP contribution in [0, 0.1) is 0 Å². The predicted octanol–water partition coefficient (Wildman–Crippen LogP) is 4.30. The maximum atomic E-state index is 12.3. The third-order valence-corrected chi connectivity index (χ3v) is 4.50. The normalized spacial score (nSPS) is 15.1. The number of likely N-dealkylation sites (tertiary alicyclic amines) is 1. The van der Waals surface area contributed by atoms with Gasteiger partial charge >= 0.3 is 0 Å². The van der Waals surface area contributed by atoms with Gasteiger partial charge in [-0.3, -0.25) is 9.69 Å². The van der Waals surface area contributed by atoms with Gasteiger partial charge in [0.2, 0.25) is 5.91 Å². The fourth-order valence-electron chi connectivity index (χ4n) is 3.13. The molecule has 0 aliphatic carbocycles. The molecule has 1 fully saturated rings. The van der Waals surface area contributed by atoms with Crippen LogP contribution in [0.1, 0.15) is 25.7 Å². The minimum absolute atomic E-state index is 0.0327. The molecule has 0 bridgehead atoms. The van der Waals surface area contributed by atoms with Crippen molar-refractivity contribution in [3.05, 3.63) is 48.5 Å². The van der Waals surface area contributed by atoms with Crippen molar-refractivity contribution >= 4 is 11.6 Å². The number of methoxy groups -OCH3 is 1. The first-order chi connectivity index (χ1) is 12.7. The fraction of sp³-hybridized carbons (Fsp3) is 0.381. The van der Waals surface area contributed by atoms with E-state index in [1.165, 1.54) is 25.7 Å². The number of carbonyl (C=O) groups is 1. The van der Waals surface area contributed by atoms with E-state index in [0.29, 0.717) is 23.8 Å². The molecule has 0 unspecified atom stereocenters. The first kappa shape index (κ1) is 18.3. The molecular formula is C21H26N2O3. The van der Waals surface area contributed by atoms with E-state index in [2.05, 4.69) is 10.2 Å². The summed E-state index contributed by atoms with van der Waals surface area (Å²) in [5.41, 5.74) is 0.775. The van der Waals surface area contributed by atoms with E-state index in [-0.39, 0.29) is 5.91 Å². The molecule has 0 saturated carbocycles. The number of para-hydroxylation sites is 2. The molecular weight excluding hydrogens is 328 g/mol. The summed E-state index contributed by atoms with van der Waals surface area (Å²) < 4.78 is 11.1. The molecule has 2 aromatic rings. The number of rotatable bonds is 6. The van der Waals surface area contributed by atoms with Crippen molar-refractivity contribution in [2.75, 3.05) is 32.1 Å². The first-order valence-electron chi connectivity index (χ1n) is 9.18. The summed E-state index contributed by atoms with van der Waals surface area (Å²) in [4.78, 5) is 14.5. The van der Waals surface area contributed by atoms with Crippen LogP contribution in [-0.4, -0.2) is 37.6 Å². The molecule has 1 N–H and O–H groups in total. The molecule has 0 atom stereocenters. The second-order valence-corrected chi connectivity index (χ2v) is 6.52. The maximum absolute atomic E-state index is 12.3. The second-order valence-electron chi connectivity index (χ2n) is 6.52. The van der Waals surface area contributed by atoms with Crippen LogP contribution in [0.25, 0.3) is 0 Å². The summed E-state index contributed by atoms with van der Waals surface area (Å²) in [6.07, 6.45) is 4.90. The van der Waals surface area contributed by atoms with Gasteiger partial charge in [0, 0.05) is 5.69 Å². The fourth-order valence-corrected chi connectivity index (χ4v) is 3.13. The van der Waals surface area contributed by atoms with Gasteiger partial charge in [0.1, 0.15) is 5.75 Å². The molecule has 138 valence electrons. The van der Waals surface area contributed by atoms with E-state index in [9.17, 15) is 4.79 Å². The zero-order valence-corrected chi connectivity index (χ0v) is 15.2. The van der Waals surface area contributed by atoms with Gasteiger partial charge in [0.25, 0.3) is 0 Å². The molecule has 1 heterocycles. The molecule has 0 aromatic heterocycles. The monoisotopic (exact) mass is 354 g/mol. The quantitative estimate of drug-likeness (QED) is 0.840. The second kappa shape index (κ2) is 9.25. The Morgan fingerprint density at radius 1 is 0.962 bits per heavy atom. The third-order valence-electron chi connectivity index (χ3n) is 4.50. The van der Waals surface area contributed by atoms with Crippen LogP contribution < -0.4 is 14.8 Å². The van der Waals surface area contributed by atoms with Gasteiger partial charge in [-0.1, -0.05) is 25.0 Å². The van der Waals surface area contributed by atoms with Crippen molar-refractivity contribution in [2.24, 2.45) is 0 Å². The highest BCUT2D eigenvalue weighted by atomic mass is 16.5. The predicted molar refractivity (Wildman–Crippen MR) is 103 cm³/mol. The van der Waals surface area contributed by atoms with Gasteiger partial charge in [0.15, 0.2) is 11.5 Å². The van der Waals surface area contributed by atoms with Crippen LogP contribution in [0.4, 0.5) is 5.69 Å². The number of hydrogen-bond acceptors (Lipinski definition) is 4. The molecule has 0 spiro atoms. The topological polar surface area (TPSA) is 50.8 Å². The Morgan fingerprint density at radius 2 is 1.62 bits per heavy atom. The lowest BCUT2D eigenvalue weighted by Crippen LogP contribution is -2.33. The van der Waals surface area contributed by atoms with Crippen LogP contribution in [0.2, 0.25) is 0 Å². The van der Waals surface area contributed by atoms with Crippen LogP contribution in [0.5, 0.6) is 17.2 Å². The summed E-state index contributed by atoms with van der Waals surface area (Å²) >= 11 is 0. The Morgan fingerprint density at radius 3 is 2.27 bits per heavy atom. The number of amides is 1. The van der Waals surface area contributed by atoms with Crippen molar-refractivity contribution in [1.82, 2.24) is 4.90 Å². The van der Waals surface area contributed by atoms with Gasteiger partial charge < -0.3 is 14.8 Å². The molecule has 5 nitrogen and oxygen atoms in total. The minimum atomic E-state index is 0.0327. The SMILES string of the molecule is COc1ccccc1Oc1ccc(NC(=O)CN2CCCCCC2)cc1. The summed E-state index contributed by atoms with van der Waals surface area (Å²) in [7, 11) is 1.62. The number of nitrogens with one attached hydrogen (secondary N) is 1. The van der Waals surface area contributed by atoms with Crippen molar-refractivity contribution in [3.63, 3.8) is 0 Å². The Kier molecular flexibility index (Phi) is 6.50. The molecule has 1 aliphatic heterocycles. The number of anilines is 1. The van der Waals surface area contributed by atoms with Gasteiger partial charge in [-0.15, -0.1) is 0 Å². The average molecular weight is 354 g/mol. The molecule has 2 aromatic carbocycles. The molecule has 0 radical (unpaired) electrons. The summed E-state index contributed by atoms with van der Waals surface area (Å²) in [6, 6.07) is 14.9. The standard InChI is InChI=1S/C21H26N2O3/c1-25-19-8-4-5-9-20(19)26-18-12-10-17(11-13-18)22-21(24)16-23-14-6-2-3-7-15-23/h4-5,8-13H,2-3,6-7,14-16H2,1H3,(H,22,24). The Hall–Kier alpha value is -2.53. The highest BCUT2D eigenvalue weighted by molar-refractivity contribution is 5.92. The van der Waals surface area contributed by atoms with Gasteiger partial charge in [-0.2, -0.15) is 0 Å². The van der Waals surface area contributed by atoms with E-state index in [4.69, 9.17) is 9.47 Å². The first-order valence-corrected chi connectivity index (χ1v) is 9.18. The molecule has 26 heavy (non-hydrogen) atoms. The largest absolute Gasteiger partial charge is 0.493 e. The molecule has 1 amide bonds. The molecule has 1 saturated heterocycles. The number of ether oxygens (including phenoxy) is 2. The Balaban J connectivity index is 1.54. The van der Waals surface area contributed by atoms with Crippen LogP contribution >= 0.6 is 0 Å². The van der Waals surface area contributed by atoms with E-state index >= 15 is 0 Å². The molecule has 3 rings (SSSR count). The van der Waals surface area contributed by atoms with Crippen molar-refractivity contribution < 1.29 is 14.3 Å². The lowest BCUT2D eigenvalue weighted by molar-refractivity contribution is -0.117. The lowest BCUT2D eigenvalue weighted by atomic mass is 10.2. The van der Waals surface area contributed by atoms with Crippen LogP contribution in [0.15, 0.2) is 48.5 Å². The highest BCUT2D eigenvalue weighted by Crippen LogP contribution is 2.31. The number of benzene rings is 2. The average Bonchev–Trinajstić information content (AvgIpc) is 2.92. The summed E-state index contributed by atoms with van der Waals surface area (Å²) in [6.45, 7) is 2.48. The van der Waals surface area contributed by atoms with Crippen molar-refractivity contribution in [3.8, 4) is 17.2 Å². The Labute approximate surface area is 154 Å².